The minimum Gasteiger partial charge on any atom is -0.348 e. The van der Waals surface area contributed by atoms with E-state index in [-0.39, 0.29) is 17.4 Å². The molecule has 5 heterocycles. The molecule has 29 heavy (non-hydrogen) atoms. The second-order valence-electron chi connectivity index (χ2n) is 8.74. The summed E-state index contributed by atoms with van der Waals surface area (Å²) in [5, 5.41) is 3.49. The molecule has 0 aliphatic carbocycles. The van der Waals surface area contributed by atoms with Gasteiger partial charge in [-0.05, 0) is 23.8 Å². The topological polar surface area (TPSA) is 48.5 Å². The Balaban J connectivity index is 1.38. The summed E-state index contributed by atoms with van der Waals surface area (Å²) in [6.07, 6.45) is 0. The molecule has 4 aliphatic rings. The normalized spacial score (nSPS) is 33.0. The molecule has 1 amide bonds. The largest absolute Gasteiger partial charge is 0.348 e. The Hall–Kier alpha value is -2.28. The Morgan fingerprint density at radius 3 is 2.59 bits per heavy atom. The van der Waals surface area contributed by atoms with Gasteiger partial charge >= 0.3 is 0 Å². The van der Waals surface area contributed by atoms with Gasteiger partial charge in [-0.2, -0.15) is 0 Å². The highest BCUT2D eigenvalue weighted by Gasteiger charge is 2.55. The zero-order valence-corrected chi connectivity index (χ0v) is 17.1. The standard InChI is InChI=1S/C23H24N4OS/c28-22(16-6-7-19-20(10-16)29-15-24-19)25-21-17-11-26-8-9-27(12-17)14-23(21,13-26)18-4-2-1-3-5-18/h1-7,10,15,17,21H,8-9,11-14H2,(H,25,28)/t17?,21-,23?/m1/s1. The van der Waals surface area contributed by atoms with Gasteiger partial charge in [0.05, 0.1) is 15.7 Å². The quantitative estimate of drug-likeness (QED) is 0.729. The van der Waals surface area contributed by atoms with Crippen molar-refractivity contribution in [3.05, 3.63) is 65.2 Å². The summed E-state index contributed by atoms with van der Waals surface area (Å²) in [6, 6.07) is 16.8. The number of piperidine rings is 2. The summed E-state index contributed by atoms with van der Waals surface area (Å²) in [5.74, 6) is 0.494. The molecule has 0 spiro atoms. The highest BCUT2D eigenvalue weighted by Crippen LogP contribution is 2.43. The molecule has 0 radical (unpaired) electrons. The van der Waals surface area contributed by atoms with Crippen LogP contribution >= 0.6 is 11.3 Å². The third kappa shape index (κ3) is 2.81. The molecule has 1 N–H and O–H groups in total. The van der Waals surface area contributed by atoms with E-state index in [1.54, 1.807) is 11.3 Å². The molecule has 1 aromatic heterocycles. The fraction of sp³-hybridized carbons (Fsp3) is 0.391. The molecular weight excluding hydrogens is 380 g/mol. The van der Waals surface area contributed by atoms with Crippen molar-refractivity contribution in [3.8, 4) is 0 Å². The molecule has 3 atom stereocenters. The minimum atomic E-state index is -0.0524. The molecule has 2 aromatic carbocycles. The van der Waals surface area contributed by atoms with Crippen molar-refractivity contribution in [1.82, 2.24) is 20.1 Å². The van der Waals surface area contributed by atoms with Gasteiger partial charge in [0.1, 0.15) is 0 Å². The lowest BCUT2D eigenvalue weighted by Gasteiger charge is -2.55. The highest BCUT2D eigenvalue weighted by atomic mass is 32.1. The fourth-order valence-corrected chi connectivity index (χ4v) is 6.51. The molecule has 6 heteroatoms. The van der Waals surface area contributed by atoms with E-state index in [1.807, 2.05) is 23.7 Å². The Labute approximate surface area is 174 Å². The summed E-state index contributed by atoms with van der Waals surface area (Å²) < 4.78 is 1.06. The number of hydrogen-bond acceptors (Lipinski definition) is 5. The van der Waals surface area contributed by atoms with Crippen LogP contribution in [-0.2, 0) is 5.41 Å². The summed E-state index contributed by atoms with van der Waals surface area (Å²) in [4.78, 5) is 22.9. The monoisotopic (exact) mass is 404 g/mol. The predicted molar refractivity (Wildman–Crippen MR) is 115 cm³/mol. The maximum atomic E-state index is 13.3. The number of nitrogens with zero attached hydrogens (tertiary/aromatic N) is 3. The molecule has 4 bridgehead atoms. The SMILES string of the molecule is O=C(N[C@@H]1C2CN3CCN(C2)CC1(c1ccccc1)C3)c1ccc2ncsc2c1. The Kier molecular flexibility index (Phi) is 4.01. The van der Waals surface area contributed by atoms with Crippen LogP contribution < -0.4 is 5.32 Å². The van der Waals surface area contributed by atoms with Crippen LogP contribution in [0.4, 0.5) is 0 Å². The van der Waals surface area contributed by atoms with Gasteiger partial charge in [-0.25, -0.2) is 4.98 Å². The number of hydrogen-bond donors (Lipinski definition) is 1. The molecule has 5 nitrogen and oxygen atoms in total. The number of benzene rings is 2. The molecule has 4 aliphatic heterocycles. The van der Waals surface area contributed by atoms with Crippen molar-refractivity contribution in [1.29, 1.82) is 0 Å². The zero-order chi connectivity index (χ0) is 19.4. The molecule has 148 valence electrons. The van der Waals surface area contributed by atoms with Crippen LogP contribution in [0, 0.1) is 5.92 Å². The lowest BCUT2D eigenvalue weighted by atomic mass is 9.64. The number of carbonyl (C=O) groups excluding carboxylic acids is 1. The number of nitrogens with one attached hydrogen (secondary N) is 1. The maximum Gasteiger partial charge on any atom is 0.251 e. The van der Waals surface area contributed by atoms with Gasteiger partial charge in [-0.1, -0.05) is 30.3 Å². The number of thiazole rings is 1. The van der Waals surface area contributed by atoms with Crippen LogP contribution in [-0.4, -0.2) is 66.0 Å². The van der Waals surface area contributed by atoms with Gasteiger partial charge in [0.25, 0.3) is 5.91 Å². The van der Waals surface area contributed by atoms with Crippen molar-refractivity contribution < 1.29 is 4.79 Å². The first-order chi connectivity index (χ1) is 14.2. The van der Waals surface area contributed by atoms with E-state index in [0.29, 0.717) is 5.92 Å². The molecule has 0 saturated carbocycles. The van der Waals surface area contributed by atoms with E-state index in [2.05, 4.69) is 50.4 Å². The number of carbonyl (C=O) groups is 1. The minimum absolute atomic E-state index is 0.0387. The van der Waals surface area contributed by atoms with Gasteiger partial charge in [0, 0.05) is 62.2 Å². The number of fused-ring (bicyclic) bond motifs is 2. The summed E-state index contributed by atoms with van der Waals surface area (Å²) >= 11 is 1.58. The van der Waals surface area contributed by atoms with Gasteiger partial charge in [-0.15, -0.1) is 11.3 Å². The summed E-state index contributed by atoms with van der Waals surface area (Å²) in [5.41, 5.74) is 4.82. The number of amides is 1. The molecule has 4 saturated heterocycles. The van der Waals surface area contributed by atoms with Crippen molar-refractivity contribution in [2.45, 2.75) is 11.5 Å². The summed E-state index contributed by atoms with van der Waals surface area (Å²) in [7, 11) is 0. The van der Waals surface area contributed by atoms with Crippen LogP contribution in [0.3, 0.4) is 0 Å². The van der Waals surface area contributed by atoms with Crippen LogP contribution in [0.15, 0.2) is 54.0 Å². The van der Waals surface area contributed by atoms with E-state index in [9.17, 15) is 4.79 Å². The Morgan fingerprint density at radius 1 is 1.07 bits per heavy atom. The smallest absolute Gasteiger partial charge is 0.251 e. The Bertz CT molecular complexity index is 1050. The van der Waals surface area contributed by atoms with Crippen LogP contribution in [0.5, 0.6) is 0 Å². The van der Waals surface area contributed by atoms with E-state index >= 15 is 0 Å². The molecule has 4 fully saturated rings. The van der Waals surface area contributed by atoms with Crippen molar-refractivity contribution in [3.63, 3.8) is 0 Å². The van der Waals surface area contributed by atoms with Crippen molar-refractivity contribution >= 4 is 27.5 Å². The number of rotatable bonds is 3. The highest BCUT2D eigenvalue weighted by molar-refractivity contribution is 7.16. The third-order valence-electron chi connectivity index (χ3n) is 7.02. The zero-order valence-electron chi connectivity index (χ0n) is 16.3. The van der Waals surface area contributed by atoms with Crippen molar-refractivity contribution in [2.24, 2.45) is 5.92 Å². The van der Waals surface area contributed by atoms with Crippen molar-refractivity contribution in [2.75, 3.05) is 39.3 Å². The molecular formula is C23H24N4OS. The average molecular weight is 405 g/mol. The van der Waals surface area contributed by atoms with Gasteiger partial charge < -0.3 is 15.1 Å². The summed E-state index contributed by atoms with van der Waals surface area (Å²) in [6.45, 7) is 6.45. The molecule has 7 rings (SSSR count). The van der Waals surface area contributed by atoms with Gasteiger partial charge in [-0.3, -0.25) is 4.79 Å². The molecule has 2 unspecified atom stereocenters. The first-order valence-electron chi connectivity index (χ1n) is 10.4. The second kappa shape index (κ2) is 6.62. The van der Waals surface area contributed by atoms with E-state index < -0.39 is 0 Å². The first kappa shape index (κ1) is 17.6. The number of aromatic nitrogens is 1. The third-order valence-corrected chi connectivity index (χ3v) is 7.82. The van der Waals surface area contributed by atoms with Crippen LogP contribution in [0.25, 0.3) is 10.2 Å². The molecule has 3 aromatic rings. The fourth-order valence-electron chi connectivity index (χ4n) is 5.79. The lowest BCUT2D eigenvalue weighted by molar-refractivity contribution is 0.0180. The lowest BCUT2D eigenvalue weighted by Crippen LogP contribution is -2.70. The van der Waals surface area contributed by atoms with Crippen LogP contribution in [0.2, 0.25) is 0 Å². The first-order valence-corrected chi connectivity index (χ1v) is 11.2. The van der Waals surface area contributed by atoms with Gasteiger partial charge in [0.2, 0.25) is 0 Å². The van der Waals surface area contributed by atoms with Crippen LogP contribution in [0.1, 0.15) is 15.9 Å². The average Bonchev–Trinajstić information content (AvgIpc) is 3.08. The van der Waals surface area contributed by atoms with E-state index in [0.717, 1.165) is 55.0 Å². The predicted octanol–water partition coefficient (Wildman–Crippen LogP) is 2.59. The van der Waals surface area contributed by atoms with Gasteiger partial charge in [0.15, 0.2) is 0 Å². The second-order valence-corrected chi connectivity index (χ2v) is 9.62. The Morgan fingerprint density at radius 2 is 1.83 bits per heavy atom. The van der Waals surface area contributed by atoms with E-state index in [4.69, 9.17) is 0 Å². The maximum absolute atomic E-state index is 13.3. The van der Waals surface area contributed by atoms with E-state index in [1.165, 1.54) is 5.56 Å².